The van der Waals surface area contributed by atoms with Crippen LogP contribution in [0.4, 0.5) is 0 Å². The van der Waals surface area contributed by atoms with Gasteiger partial charge < -0.3 is 15.0 Å². The number of nitrogens with zero attached hydrogens (tertiary/aromatic N) is 1. The highest BCUT2D eigenvalue weighted by molar-refractivity contribution is 6.30. The quantitative estimate of drug-likeness (QED) is 0.913. The Morgan fingerprint density at radius 1 is 1.47 bits per heavy atom. The predicted octanol–water partition coefficient (Wildman–Crippen LogP) is 1.54. The van der Waals surface area contributed by atoms with Crippen LogP contribution < -0.4 is 10.1 Å². The van der Waals surface area contributed by atoms with E-state index in [0.717, 1.165) is 26.1 Å². The van der Waals surface area contributed by atoms with Crippen LogP contribution in [0.3, 0.4) is 0 Å². The highest BCUT2D eigenvalue weighted by Gasteiger charge is 2.39. The van der Waals surface area contributed by atoms with Gasteiger partial charge in [0, 0.05) is 30.7 Å². The van der Waals surface area contributed by atoms with Crippen LogP contribution >= 0.6 is 11.6 Å². The van der Waals surface area contributed by atoms with Crippen molar-refractivity contribution in [3.8, 4) is 5.75 Å². The van der Waals surface area contributed by atoms with Crippen LogP contribution in [0.25, 0.3) is 0 Å². The van der Waals surface area contributed by atoms with Crippen molar-refractivity contribution >= 4 is 17.5 Å². The second-order valence-electron chi connectivity index (χ2n) is 5.11. The summed E-state index contributed by atoms with van der Waals surface area (Å²) in [6, 6.07) is 7.48. The zero-order chi connectivity index (χ0) is 13.2. The second-order valence-corrected chi connectivity index (χ2v) is 5.54. The standard InChI is InChI=1S/C14H17ClN2O2/c15-11-2-1-3-12(6-11)19-9-14(18)17-5-4-10-7-16-8-13(10)17/h1-3,6,10,13,16H,4-5,7-9H2/t10-,13+/m0/s1. The maximum Gasteiger partial charge on any atom is 0.260 e. The molecule has 2 fully saturated rings. The van der Waals surface area contributed by atoms with Crippen molar-refractivity contribution in [2.45, 2.75) is 12.5 Å². The molecule has 0 bridgehead atoms. The topological polar surface area (TPSA) is 41.6 Å². The summed E-state index contributed by atoms with van der Waals surface area (Å²) >= 11 is 5.88. The molecule has 102 valence electrons. The first-order valence-electron chi connectivity index (χ1n) is 6.62. The average molecular weight is 281 g/mol. The molecule has 2 atom stereocenters. The molecule has 3 rings (SSSR count). The largest absolute Gasteiger partial charge is 0.484 e. The Hall–Kier alpha value is -1.26. The maximum atomic E-state index is 12.2. The van der Waals surface area contributed by atoms with Gasteiger partial charge in [0.05, 0.1) is 0 Å². The Balaban J connectivity index is 1.57. The number of halogens is 1. The van der Waals surface area contributed by atoms with Crippen molar-refractivity contribution in [2.24, 2.45) is 5.92 Å². The molecule has 0 aromatic heterocycles. The number of hydrogen-bond acceptors (Lipinski definition) is 3. The average Bonchev–Trinajstić information content (AvgIpc) is 2.98. The fraction of sp³-hybridized carbons (Fsp3) is 0.500. The van der Waals surface area contributed by atoms with Crippen LogP contribution in [0.15, 0.2) is 24.3 Å². The molecule has 2 heterocycles. The smallest absolute Gasteiger partial charge is 0.260 e. The van der Waals surface area contributed by atoms with Crippen molar-refractivity contribution in [3.63, 3.8) is 0 Å². The molecule has 1 N–H and O–H groups in total. The molecule has 1 aromatic rings. The Morgan fingerprint density at radius 3 is 3.21 bits per heavy atom. The third-order valence-electron chi connectivity index (χ3n) is 3.92. The monoisotopic (exact) mass is 280 g/mol. The Bertz CT molecular complexity index is 480. The summed E-state index contributed by atoms with van der Waals surface area (Å²) < 4.78 is 5.51. The number of likely N-dealkylation sites (tertiary alicyclic amines) is 1. The number of ether oxygens (including phenoxy) is 1. The fourth-order valence-corrected chi connectivity index (χ4v) is 3.12. The number of carbonyl (C=O) groups excluding carboxylic acids is 1. The normalized spacial score (nSPS) is 25.4. The molecule has 19 heavy (non-hydrogen) atoms. The van der Waals surface area contributed by atoms with Crippen molar-refractivity contribution in [1.82, 2.24) is 10.2 Å². The van der Waals surface area contributed by atoms with E-state index < -0.39 is 0 Å². The lowest BCUT2D eigenvalue weighted by Crippen LogP contribution is -2.41. The SMILES string of the molecule is O=C(COc1cccc(Cl)c1)N1CC[C@H]2CNC[C@H]21. The van der Waals surface area contributed by atoms with Gasteiger partial charge in [-0.1, -0.05) is 17.7 Å². The van der Waals surface area contributed by atoms with Crippen molar-refractivity contribution < 1.29 is 9.53 Å². The number of hydrogen-bond donors (Lipinski definition) is 1. The first-order chi connectivity index (χ1) is 9.24. The highest BCUT2D eigenvalue weighted by atomic mass is 35.5. The maximum absolute atomic E-state index is 12.2. The third-order valence-corrected chi connectivity index (χ3v) is 4.16. The molecular formula is C14H17ClN2O2. The Kier molecular flexibility index (Phi) is 3.62. The number of fused-ring (bicyclic) bond motifs is 1. The first kappa shape index (κ1) is 12.8. The van der Waals surface area contributed by atoms with Crippen molar-refractivity contribution in [2.75, 3.05) is 26.2 Å². The molecule has 1 aromatic carbocycles. The Morgan fingerprint density at radius 2 is 2.37 bits per heavy atom. The van der Waals surface area contributed by atoms with Gasteiger partial charge in [-0.3, -0.25) is 4.79 Å². The van der Waals surface area contributed by atoms with E-state index in [0.29, 0.717) is 22.7 Å². The van der Waals surface area contributed by atoms with Gasteiger partial charge in [-0.2, -0.15) is 0 Å². The van der Waals surface area contributed by atoms with Gasteiger partial charge in [0.25, 0.3) is 5.91 Å². The number of rotatable bonds is 3. The Labute approximate surface area is 117 Å². The van der Waals surface area contributed by atoms with E-state index in [1.807, 2.05) is 17.0 Å². The van der Waals surface area contributed by atoms with Crippen LogP contribution in [0.5, 0.6) is 5.75 Å². The van der Waals surface area contributed by atoms with E-state index in [1.165, 1.54) is 0 Å². The minimum absolute atomic E-state index is 0.0659. The number of nitrogens with one attached hydrogen (secondary N) is 1. The lowest BCUT2D eigenvalue weighted by molar-refractivity contribution is -0.134. The molecular weight excluding hydrogens is 264 g/mol. The molecule has 0 unspecified atom stereocenters. The number of amides is 1. The molecule has 5 heteroatoms. The van der Waals surface area contributed by atoms with Gasteiger partial charge in [-0.15, -0.1) is 0 Å². The summed E-state index contributed by atoms with van der Waals surface area (Å²) in [6.45, 7) is 2.88. The van der Waals surface area contributed by atoms with Crippen LogP contribution in [0.1, 0.15) is 6.42 Å². The minimum Gasteiger partial charge on any atom is -0.484 e. The summed E-state index contributed by atoms with van der Waals surface area (Å²) in [4.78, 5) is 14.1. The van der Waals surface area contributed by atoms with Crippen LogP contribution in [0.2, 0.25) is 5.02 Å². The first-order valence-corrected chi connectivity index (χ1v) is 7.00. The zero-order valence-electron chi connectivity index (χ0n) is 10.6. The third kappa shape index (κ3) is 2.69. The molecule has 0 spiro atoms. The van der Waals surface area contributed by atoms with Gasteiger partial charge in [0.1, 0.15) is 5.75 Å². The van der Waals surface area contributed by atoms with Crippen LogP contribution in [0, 0.1) is 5.92 Å². The number of benzene rings is 1. The van der Waals surface area contributed by atoms with E-state index in [4.69, 9.17) is 16.3 Å². The molecule has 4 nitrogen and oxygen atoms in total. The highest BCUT2D eigenvalue weighted by Crippen LogP contribution is 2.27. The van der Waals surface area contributed by atoms with Crippen LogP contribution in [-0.2, 0) is 4.79 Å². The summed E-state index contributed by atoms with van der Waals surface area (Å²) in [7, 11) is 0. The van der Waals surface area contributed by atoms with Gasteiger partial charge >= 0.3 is 0 Å². The van der Waals surface area contributed by atoms with Crippen LogP contribution in [-0.4, -0.2) is 43.1 Å². The molecule has 2 aliphatic heterocycles. The summed E-state index contributed by atoms with van der Waals surface area (Å²) in [5.74, 6) is 1.33. The van der Waals surface area contributed by atoms with E-state index in [2.05, 4.69) is 5.32 Å². The van der Waals surface area contributed by atoms with Crippen molar-refractivity contribution in [3.05, 3.63) is 29.3 Å². The van der Waals surface area contributed by atoms with Gasteiger partial charge in [0.2, 0.25) is 0 Å². The van der Waals surface area contributed by atoms with E-state index in [1.54, 1.807) is 12.1 Å². The zero-order valence-corrected chi connectivity index (χ0v) is 11.4. The van der Waals surface area contributed by atoms with E-state index in [-0.39, 0.29) is 12.5 Å². The molecule has 0 aliphatic carbocycles. The number of carbonyl (C=O) groups is 1. The fourth-order valence-electron chi connectivity index (χ4n) is 2.94. The van der Waals surface area contributed by atoms with E-state index in [9.17, 15) is 4.79 Å². The molecule has 0 radical (unpaired) electrons. The van der Waals surface area contributed by atoms with Gasteiger partial charge in [-0.25, -0.2) is 0 Å². The molecule has 0 saturated carbocycles. The van der Waals surface area contributed by atoms with Gasteiger partial charge in [0.15, 0.2) is 6.61 Å². The predicted molar refractivity (Wildman–Crippen MR) is 73.4 cm³/mol. The molecule has 2 aliphatic rings. The minimum atomic E-state index is 0.0659. The van der Waals surface area contributed by atoms with E-state index >= 15 is 0 Å². The second kappa shape index (κ2) is 5.39. The van der Waals surface area contributed by atoms with Gasteiger partial charge in [-0.05, 0) is 30.5 Å². The summed E-state index contributed by atoms with van der Waals surface area (Å²) in [5.41, 5.74) is 0. The summed E-state index contributed by atoms with van der Waals surface area (Å²) in [5, 5.41) is 3.96. The summed E-state index contributed by atoms with van der Waals surface area (Å²) in [6.07, 6.45) is 1.10. The van der Waals surface area contributed by atoms with Crippen molar-refractivity contribution in [1.29, 1.82) is 0 Å². The lowest BCUT2D eigenvalue weighted by Gasteiger charge is -2.23. The lowest BCUT2D eigenvalue weighted by atomic mass is 10.1. The molecule has 2 saturated heterocycles. The molecule has 1 amide bonds.